The van der Waals surface area contributed by atoms with Crippen LogP contribution in [0.5, 0.6) is 5.75 Å². The van der Waals surface area contributed by atoms with E-state index in [4.69, 9.17) is 4.74 Å². The molecule has 1 fully saturated rings. The Bertz CT molecular complexity index is 607. The van der Waals surface area contributed by atoms with Gasteiger partial charge in [-0.2, -0.15) is 0 Å². The molecule has 24 heavy (non-hydrogen) atoms. The Morgan fingerprint density at radius 2 is 1.67 bits per heavy atom. The van der Waals surface area contributed by atoms with E-state index >= 15 is 0 Å². The molecule has 1 atom stereocenters. The summed E-state index contributed by atoms with van der Waals surface area (Å²) in [5.41, 5.74) is 2.03. The smallest absolute Gasteiger partial charge is 0.119 e. The maximum Gasteiger partial charge on any atom is 0.119 e. The zero-order valence-electron chi connectivity index (χ0n) is 13.8. The van der Waals surface area contributed by atoms with Crippen molar-refractivity contribution in [1.29, 1.82) is 0 Å². The summed E-state index contributed by atoms with van der Waals surface area (Å²) in [6.45, 7) is 2.84. The third-order valence-electron chi connectivity index (χ3n) is 4.50. The lowest BCUT2D eigenvalue weighted by molar-refractivity contribution is 0.0508. The molecule has 1 aliphatic heterocycles. The number of hydrogen-bond donors (Lipinski definition) is 2. The van der Waals surface area contributed by atoms with Gasteiger partial charge in [-0.15, -0.1) is 0 Å². The standard InChI is InChI=1S/C20H25NO3/c22-18-10-12-21(13-11-18)14-20(23)17-6-8-19(9-7-17)24-15-16-4-2-1-3-5-16/h1-9,18,20,22-23H,10-15H2/t20-/m0/s1. The van der Waals surface area contributed by atoms with Crippen LogP contribution in [-0.2, 0) is 6.61 Å². The Balaban J connectivity index is 1.50. The second-order valence-corrected chi connectivity index (χ2v) is 6.39. The first-order valence-electron chi connectivity index (χ1n) is 8.56. The Morgan fingerprint density at radius 1 is 1.00 bits per heavy atom. The van der Waals surface area contributed by atoms with E-state index in [-0.39, 0.29) is 6.10 Å². The van der Waals surface area contributed by atoms with Crippen molar-refractivity contribution in [3.8, 4) is 5.75 Å². The fourth-order valence-electron chi connectivity index (χ4n) is 2.98. The first-order chi connectivity index (χ1) is 11.7. The number of hydrogen-bond acceptors (Lipinski definition) is 4. The molecule has 0 saturated carbocycles. The minimum absolute atomic E-state index is 0.181. The van der Waals surface area contributed by atoms with Crippen molar-refractivity contribution in [2.75, 3.05) is 19.6 Å². The van der Waals surface area contributed by atoms with Gasteiger partial charge >= 0.3 is 0 Å². The van der Waals surface area contributed by atoms with Crippen LogP contribution in [0.25, 0.3) is 0 Å². The van der Waals surface area contributed by atoms with Crippen molar-refractivity contribution in [2.45, 2.75) is 31.7 Å². The molecule has 0 spiro atoms. The monoisotopic (exact) mass is 327 g/mol. The van der Waals surface area contributed by atoms with Crippen molar-refractivity contribution in [1.82, 2.24) is 4.90 Å². The minimum atomic E-state index is -0.511. The predicted molar refractivity (Wildman–Crippen MR) is 93.9 cm³/mol. The van der Waals surface area contributed by atoms with Crippen molar-refractivity contribution in [3.05, 3.63) is 65.7 Å². The van der Waals surface area contributed by atoms with Crippen LogP contribution in [-0.4, -0.2) is 40.9 Å². The fraction of sp³-hybridized carbons (Fsp3) is 0.400. The van der Waals surface area contributed by atoms with Crippen LogP contribution in [0.15, 0.2) is 54.6 Å². The second kappa shape index (κ2) is 8.29. The SMILES string of the molecule is OC1CCN(C[C@H](O)c2ccc(OCc3ccccc3)cc2)CC1. The topological polar surface area (TPSA) is 52.9 Å². The molecule has 4 nitrogen and oxygen atoms in total. The van der Waals surface area contributed by atoms with Crippen LogP contribution in [0.2, 0.25) is 0 Å². The van der Waals surface area contributed by atoms with Crippen LogP contribution >= 0.6 is 0 Å². The van der Waals surface area contributed by atoms with E-state index in [1.54, 1.807) is 0 Å². The van der Waals surface area contributed by atoms with Crippen molar-refractivity contribution in [2.24, 2.45) is 0 Å². The summed E-state index contributed by atoms with van der Waals surface area (Å²) in [6, 6.07) is 17.7. The van der Waals surface area contributed by atoms with Gasteiger partial charge in [0.2, 0.25) is 0 Å². The molecule has 0 aromatic heterocycles. The summed E-state index contributed by atoms with van der Waals surface area (Å²) in [7, 11) is 0. The second-order valence-electron chi connectivity index (χ2n) is 6.39. The van der Waals surface area contributed by atoms with Gasteiger partial charge in [-0.3, -0.25) is 0 Å². The van der Waals surface area contributed by atoms with E-state index < -0.39 is 6.10 Å². The van der Waals surface area contributed by atoms with E-state index in [0.717, 1.165) is 42.8 Å². The van der Waals surface area contributed by atoms with Crippen LogP contribution in [0, 0.1) is 0 Å². The molecule has 3 rings (SSSR count). The molecular formula is C20H25NO3. The number of likely N-dealkylation sites (tertiary alicyclic amines) is 1. The molecule has 0 unspecified atom stereocenters. The van der Waals surface area contributed by atoms with Gasteiger partial charge in [0.05, 0.1) is 12.2 Å². The third kappa shape index (κ3) is 4.81. The Hall–Kier alpha value is -1.88. The maximum absolute atomic E-state index is 10.4. The summed E-state index contributed by atoms with van der Waals surface area (Å²) < 4.78 is 5.77. The lowest BCUT2D eigenvalue weighted by Crippen LogP contribution is -2.38. The third-order valence-corrected chi connectivity index (χ3v) is 4.50. The molecule has 1 saturated heterocycles. The van der Waals surface area contributed by atoms with E-state index in [9.17, 15) is 10.2 Å². The van der Waals surface area contributed by atoms with Gasteiger partial charge in [0.1, 0.15) is 12.4 Å². The minimum Gasteiger partial charge on any atom is -0.489 e. The van der Waals surface area contributed by atoms with Gasteiger partial charge in [-0.05, 0) is 36.1 Å². The zero-order chi connectivity index (χ0) is 16.8. The number of nitrogens with zero attached hydrogens (tertiary/aromatic N) is 1. The highest BCUT2D eigenvalue weighted by molar-refractivity contribution is 5.29. The zero-order valence-corrected chi connectivity index (χ0v) is 13.8. The quantitative estimate of drug-likeness (QED) is 0.857. The largest absolute Gasteiger partial charge is 0.489 e. The van der Waals surface area contributed by atoms with Gasteiger partial charge in [0, 0.05) is 19.6 Å². The van der Waals surface area contributed by atoms with Gasteiger partial charge in [-0.25, -0.2) is 0 Å². The normalized spacial score (nSPS) is 17.6. The highest BCUT2D eigenvalue weighted by atomic mass is 16.5. The highest BCUT2D eigenvalue weighted by Gasteiger charge is 2.19. The Labute approximate surface area is 143 Å². The Kier molecular flexibility index (Phi) is 5.86. The molecule has 2 N–H and O–H groups in total. The molecule has 0 aliphatic carbocycles. The van der Waals surface area contributed by atoms with E-state index in [1.807, 2.05) is 54.6 Å². The van der Waals surface area contributed by atoms with Crippen LogP contribution < -0.4 is 4.74 Å². The number of aliphatic hydroxyl groups excluding tert-OH is 2. The van der Waals surface area contributed by atoms with E-state index in [1.165, 1.54) is 0 Å². The van der Waals surface area contributed by atoms with Crippen molar-refractivity contribution < 1.29 is 14.9 Å². The van der Waals surface area contributed by atoms with Gasteiger partial charge < -0.3 is 19.8 Å². The molecule has 0 amide bonds. The van der Waals surface area contributed by atoms with Crippen molar-refractivity contribution >= 4 is 0 Å². The number of piperidine rings is 1. The number of β-amino-alcohol motifs (C(OH)–C–C–N with tert-alkyl or cyclic N) is 1. The lowest BCUT2D eigenvalue weighted by atomic mass is 10.1. The van der Waals surface area contributed by atoms with Crippen LogP contribution in [0.1, 0.15) is 30.1 Å². The van der Waals surface area contributed by atoms with Crippen LogP contribution in [0.4, 0.5) is 0 Å². The molecule has 128 valence electrons. The lowest BCUT2D eigenvalue weighted by Gasteiger charge is -2.31. The highest BCUT2D eigenvalue weighted by Crippen LogP contribution is 2.21. The molecule has 1 aliphatic rings. The number of benzene rings is 2. The first-order valence-corrected chi connectivity index (χ1v) is 8.56. The van der Waals surface area contributed by atoms with Crippen molar-refractivity contribution in [3.63, 3.8) is 0 Å². The van der Waals surface area contributed by atoms with E-state index in [0.29, 0.717) is 13.2 Å². The molecule has 1 heterocycles. The molecule has 2 aromatic rings. The Morgan fingerprint density at radius 3 is 2.33 bits per heavy atom. The summed E-state index contributed by atoms with van der Waals surface area (Å²) in [6.07, 6.45) is 0.890. The summed E-state index contributed by atoms with van der Waals surface area (Å²) >= 11 is 0. The van der Waals surface area contributed by atoms with Crippen LogP contribution in [0.3, 0.4) is 0 Å². The van der Waals surface area contributed by atoms with Gasteiger partial charge in [-0.1, -0.05) is 42.5 Å². The predicted octanol–water partition coefficient (Wildman–Crippen LogP) is 2.76. The van der Waals surface area contributed by atoms with E-state index in [2.05, 4.69) is 4.90 Å². The molecular weight excluding hydrogens is 302 g/mol. The average Bonchev–Trinajstić information content (AvgIpc) is 2.63. The van der Waals surface area contributed by atoms with Gasteiger partial charge in [0.15, 0.2) is 0 Å². The van der Waals surface area contributed by atoms with Gasteiger partial charge in [0.25, 0.3) is 0 Å². The summed E-state index contributed by atoms with van der Waals surface area (Å²) in [5, 5.41) is 19.9. The average molecular weight is 327 g/mol. The number of aliphatic hydroxyl groups is 2. The fourth-order valence-corrected chi connectivity index (χ4v) is 2.98. The maximum atomic E-state index is 10.4. The first kappa shape index (κ1) is 17.0. The summed E-state index contributed by atoms with van der Waals surface area (Å²) in [4.78, 5) is 2.21. The summed E-state index contributed by atoms with van der Waals surface area (Å²) in [5.74, 6) is 0.802. The molecule has 0 radical (unpaired) electrons. The number of rotatable bonds is 6. The molecule has 0 bridgehead atoms. The molecule has 4 heteroatoms. The number of ether oxygens (including phenoxy) is 1. The molecule has 2 aromatic carbocycles.